The number of aromatic nitrogens is 2. The van der Waals surface area contributed by atoms with E-state index in [1.54, 1.807) is 0 Å². The summed E-state index contributed by atoms with van der Waals surface area (Å²) in [7, 11) is 0. The summed E-state index contributed by atoms with van der Waals surface area (Å²) in [6, 6.07) is 29.4. The predicted octanol–water partition coefficient (Wildman–Crippen LogP) is 5.85. The van der Waals surface area contributed by atoms with Crippen molar-refractivity contribution in [2.45, 2.75) is 51.6 Å². The minimum absolute atomic E-state index is 0.135. The van der Waals surface area contributed by atoms with Crippen molar-refractivity contribution in [2.75, 3.05) is 0 Å². The zero-order chi connectivity index (χ0) is 20.6. The average molecular weight is 399 g/mol. The fraction of sp³-hybridized carbons (Fsp3) is 0.296. The molecule has 0 N–H and O–H groups in total. The fourth-order valence-corrected chi connectivity index (χ4v) is 4.19. The summed E-state index contributed by atoms with van der Waals surface area (Å²) in [6.07, 6.45) is 6.33. The zero-order valence-corrected chi connectivity index (χ0v) is 17.5. The molecule has 0 aliphatic rings. The Balaban J connectivity index is 1.38. The van der Waals surface area contributed by atoms with Crippen LogP contribution in [0.25, 0.3) is 11.0 Å². The molecular weight excluding hydrogens is 368 g/mol. The van der Waals surface area contributed by atoms with Gasteiger partial charge in [-0.3, -0.25) is 9.13 Å². The summed E-state index contributed by atoms with van der Waals surface area (Å²) >= 11 is 0. The van der Waals surface area contributed by atoms with E-state index in [4.69, 9.17) is 0 Å². The van der Waals surface area contributed by atoms with E-state index in [0.717, 1.165) is 62.6 Å². The molecule has 0 aliphatic heterocycles. The number of imidazole rings is 1. The van der Waals surface area contributed by atoms with Crippen molar-refractivity contribution in [1.82, 2.24) is 9.13 Å². The van der Waals surface area contributed by atoms with Gasteiger partial charge < -0.3 is 0 Å². The molecule has 1 heterocycles. The molecule has 3 heteroatoms. The van der Waals surface area contributed by atoms with E-state index < -0.39 is 0 Å². The quantitative estimate of drug-likeness (QED) is 0.308. The normalized spacial score (nSPS) is 11.2. The first kappa shape index (κ1) is 20.2. The summed E-state index contributed by atoms with van der Waals surface area (Å²) < 4.78 is 3.94. The highest BCUT2D eigenvalue weighted by molar-refractivity contribution is 5.75. The number of fused-ring (bicyclic) bond motifs is 1. The molecule has 0 saturated heterocycles. The highest BCUT2D eigenvalue weighted by Gasteiger charge is 2.12. The van der Waals surface area contributed by atoms with Gasteiger partial charge in [0.25, 0.3) is 0 Å². The molecule has 0 spiro atoms. The lowest BCUT2D eigenvalue weighted by Gasteiger charge is -2.05. The van der Waals surface area contributed by atoms with E-state index in [9.17, 15) is 4.79 Å². The second-order valence-corrected chi connectivity index (χ2v) is 7.96. The van der Waals surface area contributed by atoms with Gasteiger partial charge in [0.1, 0.15) is 0 Å². The largest absolute Gasteiger partial charge is 0.329 e. The van der Waals surface area contributed by atoms with Crippen LogP contribution in [0.5, 0.6) is 0 Å². The Morgan fingerprint density at radius 1 is 0.500 bits per heavy atom. The SMILES string of the molecule is O=c1n(CCCCc2ccccc2)c2ccccc2n1CCCCc1ccccc1. The lowest BCUT2D eigenvalue weighted by molar-refractivity contribution is 0.559. The van der Waals surface area contributed by atoms with Gasteiger partial charge in [-0.15, -0.1) is 0 Å². The van der Waals surface area contributed by atoms with E-state index in [2.05, 4.69) is 72.8 Å². The van der Waals surface area contributed by atoms with Crippen LogP contribution in [0.4, 0.5) is 0 Å². The molecule has 0 fully saturated rings. The minimum atomic E-state index is 0.135. The van der Waals surface area contributed by atoms with Gasteiger partial charge in [0.05, 0.1) is 11.0 Å². The summed E-state index contributed by atoms with van der Waals surface area (Å²) in [5.41, 5.74) is 4.99. The molecule has 0 atom stereocenters. The van der Waals surface area contributed by atoms with Gasteiger partial charge in [-0.05, 0) is 61.8 Å². The summed E-state index contributed by atoms with van der Waals surface area (Å²) in [5.74, 6) is 0. The Hall–Kier alpha value is -3.07. The lowest BCUT2D eigenvalue weighted by atomic mass is 10.1. The van der Waals surface area contributed by atoms with E-state index in [-0.39, 0.29) is 5.69 Å². The molecule has 0 bridgehead atoms. The maximum Gasteiger partial charge on any atom is 0.329 e. The van der Waals surface area contributed by atoms with Crippen LogP contribution >= 0.6 is 0 Å². The highest BCUT2D eigenvalue weighted by atomic mass is 16.1. The third-order valence-electron chi connectivity index (χ3n) is 5.81. The molecule has 4 rings (SSSR count). The van der Waals surface area contributed by atoms with Gasteiger partial charge in [0.15, 0.2) is 0 Å². The first-order valence-corrected chi connectivity index (χ1v) is 11.1. The second-order valence-electron chi connectivity index (χ2n) is 7.96. The van der Waals surface area contributed by atoms with Crippen LogP contribution in [0.2, 0.25) is 0 Å². The zero-order valence-electron chi connectivity index (χ0n) is 17.5. The molecule has 3 nitrogen and oxygen atoms in total. The van der Waals surface area contributed by atoms with Crippen LogP contribution in [0.15, 0.2) is 89.7 Å². The number of hydrogen-bond donors (Lipinski definition) is 0. The Morgan fingerprint density at radius 3 is 1.33 bits per heavy atom. The topological polar surface area (TPSA) is 26.9 Å². The predicted molar refractivity (Wildman–Crippen MR) is 125 cm³/mol. The standard InChI is InChI=1S/C27H30N2O/c30-27-28(21-11-9-17-23-13-3-1-4-14-23)25-19-7-8-20-26(25)29(27)22-12-10-18-24-15-5-2-6-16-24/h1-8,13-16,19-20H,9-12,17-18,21-22H2. The van der Waals surface area contributed by atoms with Crippen LogP contribution in [0.3, 0.4) is 0 Å². The van der Waals surface area contributed by atoms with Gasteiger partial charge in [-0.1, -0.05) is 72.8 Å². The number of aryl methyl sites for hydroxylation is 4. The molecule has 0 saturated carbocycles. The van der Waals surface area contributed by atoms with Crippen molar-refractivity contribution in [2.24, 2.45) is 0 Å². The molecule has 0 radical (unpaired) electrons. The van der Waals surface area contributed by atoms with Gasteiger partial charge in [-0.25, -0.2) is 4.79 Å². The van der Waals surface area contributed by atoms with Crippen molar-refractivity contribution < 1.29 is 0 Å². The van der Waals surface area contributed by atoms with Crippen molar-refractivity contribution in [1.29, 1.82) is 0 Å². The van der Waals surface area contributed by atoms with Gasteiger partial charge in [-0.2, -0.15) is 0 Å². The maximum atomic E-state index is 13.1. The van der Waals surface area contributed by atoms with Crippen LogP contribution < -0.4 is 5.69 Å². The third-order valence-corrected chi connectivity index (χ3v) is 5.81. The Labute approximate surface area is 178 Å². The molecule has 30 heavy (non-hydrogen) atoms. The Kier molecular flexibility index (Phi) is 6.81. The van der Waals surface area contributed by atoms with Crippen molar-refractivity contribution in [3.63, 3.8) is 0 Å². The van der Waals surface area contributed by atoms with Gasteiger partial charge in [0, 0.05) is 13.1 Å². The van der Waals surface area contributed by atoms with Crippen LogP contribution in [0.1, 0.15) is 36.8 Å². The molecule has 154 valence electrons. The molecule has 4 aromatic rings. The molecular formula is C27H30N2O. The number of rotatable bonds is 10. The van der Waals surface area contributed by atoms with Crippen LogP contribution in [-0.4, -0.2) is 9.13 Å². The molecule has 3 aromatic carbocycles. The van der Waals surface area contributed by atoms with E-state index >= 15 is 0 Å². The monoisotopic (exact) mass is 398 g/mol. The van der Waals surface area contributed by atoms with Crippen molar-refractivity contribution in [3.05, 3.63) is 107 Å². The number of unbranched alkanes of at least 4 members (excludes halogenated alkanes) is 2. The second kappa shape index (κ2) is 10.1. The fourth-order valence-electron chi connectivity index (χ4n) is 4.19. The first-order chi connectivity index (χ1) is 14.8. The van der Waals surface area contributed by atoms with E-state index in [1.807, 2.05) is 21.3 Å². The highest BCUT2D eigenvalue weighted by Crippen LogP contribution is 2.15. The number of benzene rings is 3. The molecule has 0 amide bonds. The van der Waals surface area contributed by atoms with Crippen LogP contribution in [-0.2, 0) is 25.9 Å². The summed E-state index contributed by atoms with van der Waals surface area (Å²) in [4.78, 5) is 13.1. The number of nitrogens with zero attached hydrogens (tertiary/aromatic N) is 2. The minimum Gasteiger partial charge on any atom is -0.292 e. The molecule has 1 aromatic heterocycles. The Bertz CT molecular complexity index is 1020. The van der Waals surface area contributed by atoms with Crippen molar-refractivity contribution in [3.8, 4) is 0 Å². The summed E-state index contributed by atoms with van der Waals surface area (Å²) in [5, 5.41) is 0. The van der Waals surface area contributed by atoms with Crippen LogP contribution in [0, 0.1) is 0 Å². The van der Waals surface area contributed by atoms with Gasteiger partial charge in [0.2, 0.25) is 0 Å². The summed E-state index contributed by atoms with van der Waals surface area (Å²) in [6.45, 7) is 1.56. The van der Waals surface area contributed by atoms with E-state index in [1.165, 1.54) is 11.1 Å². The maximum absolute atomic E-state index is 13.1. The Morgan fingerprint density at radius 2 is 0.900 bits per heavy atom. The van der Waals surface area contributed by atoms with Crippen molar-refractivity contribution >= 4 is 11.0 Å². The van der Waals surface area contributed by atoms with Gasteiger partial charge >= 0.3 is 5.69 Å². The number of para-hydroxylation sites is 2. The lowest BCUT2D eigenvalue weighted by Crippen LogP contribution is -2.24. The number of hydrogen-bond acceptors (Lipinski definition) is 1. The smallest absolute Gasteiger partial charge is 0.292 e. The molecule has 0 unspecified atom stereocenters. The molecule has 0 aliphatic carbocycles. The average Bonchev–Trinajstić information content (AvgIpc) is 3.06. The van der Waals surface area contributed by atoms with E-state index in [0.29, 0.717) is 0 Å². The third kappa shape index (κ3) is 4.91. The first-order valence-electron chi connectivity index (χ1n) is 11.1.